The van der Waals surface area contributed by atoms with Crippen molar-refractivity contribution in [2.24, 2.45) is 0 Å². The van der Waals surface area contributed by atoms with Gasteiger partial charge in [-0.05, 0) is 29.8 Å². The molecule has 0 aromatic heterocycles. The average Bonchev–Trinajstić information content (AvgIpc) is 2.78. The highest BCUT2D eigenvalue weighted by atomic mass is 35.5. The van der Waals surface area contributed by atoms with Crippen LogP contribution in [-0.2, 0) is 25.7 Å². The Morgan fingerprint density at radius 1 is 0.935 bits per heavy atom. The largest absolute Gasteiger partial charge is 0.489 e. The molecule has 1 aliphatic rings. The lowest BCUT2D eigenvalue weighted by Gasteiger charge is -2.34. The van der Waals surface area contributed by atoms with E-state index in [9.17, 15) is 9.59 Å². The van der Waals surface area contributed by atoms with E-state index in [-0.39, 0.29) is 17.3 Å². The maximum Gasteiger partial charge on any atom is 0.262 e. The Labute approximate surface area is 185 Å². The first-order valence-corrected chi connectivity index (χ1v) is 9.78. The van der Waals surface area contributed by atoms with Gasteiger partial charge in [-0.3, -0.25) is 9.59 Å². The predicted molar refractivity (Wildman–Crippen MR) is 115 cm³/mol. The van der Waals surface area contributed by atoms with Gasteiger partial charge in [-0.25, -0.2) is 0 Å². The molecule has 31 heavy (non-hydrogen) atoms. The summed E-state index contributed by atoms with van der Waals surface area (Å²) in [6.45, 7) is 0.162. The van der Waals surface area contributed by atoms with Crippen LogP contribution in [0.3, 0.4) is 0 Å². The average molecular weight is 444 g/mol. The van der Waals surface area contributed by atoms with Gasteiger partial charge in [-0.1, -0.05) is 41.9 Å². The van der Waals surface area contributed by atoms with Gasteiger partial charge in [0.15, 0.2) is 12.4 Å². The van der Waals surface area contributed by atoms with Crippen molar-refractivity contribution in [3.63, 3.8) is 0 Å². The van der Waals surface area contributed by atoms with Crippen LogP contribution in [0.5, 0.6) is 11.5 Å². The Bertz CT molecular complexity index is 981. The Morgan fingerprint density at radius 2 is 1.55 bits per heavy atom. The van der Waals surface area contributed by atoms with Gasteiger partial charge < -0.3 is 24.3 Å². The van der Waals surface area contributed by atoms with Crippen LogP contribution in [0.2, 0.25) is 0 Å². The lowest BCUT2D eigenvalue weighted by molar-refractivity contribution is -0.154. The summed E-state index contributed by atoms with van der Waals surface area (Å²) >= 11 is 6.12. The molecule has 0 fully saturated rings. The number of carbonyl (C=O) groups is 2. The highest BCUT2D eigenvalue weighted by molar-refractivity contribution is 6.33. The summed E-state index contributed by atoms with van der Waals surface area (Å²) in [7, 11) is 2.71. The second-order valence-electron chi connectivity index (χ2n) is 6.56. The molecular formula is C23H22ClNO6. The fraction of sp³-hybridized carbons (Fsp3) is 0.217. The number of allylic oxidation sites excluding steroid dienone is 2. The number of hydrogen-bond acceptors (Lipinski definition) is 6. The van der Waals surface area contributed by atoms with Gasteiger partial charge in [0.2, 0.25) is 5.79 Å². The maximum absolute atomic E-state index is 12.4. The van der Waals surface area contributed by atoms with Crippen LogP contribution in [0.1, 0.15) is 5.56 Å². The van der Waals surface area contributed by atoms with Gasteiger partial charge in [0, 0.05) is 26.4 Å². The molecule has 0 spiro atoms. The Morgan fingerprint density at radius 3 is 2.16 bits per heavy atom. The van der Waals surface area contributed by atoms with Crippen LogP contribution in [-0.4, -0.2) is 38.3 Å². The second-order valence-corrected chi connectivity index (χ2v) is 6.97. The van der Waals surface area contributed by atoms with E-state index in [4.69, 9.17) is 30.5 Å². The van der Waals surface area contributed by atoms with Crippen LogP contribution in [0.25, 0.3) is 0 Å². The zero-order valence-electron chi connectivity index (χ0n) is 17.1. The van der Waals surface area contributed by atoms with Gasteiger partial charge >= 0.3 is 0 Å². The van der Waals surface area contributed by atoms with Crippen LogP contribution < -0.4 is 14.8 Å². The number of halogens is 1. The Kier molecular flexibility index (Phi) is 7.46. The van der Waals surface area contributed by atoms with E-state index in [0.29, 0.717) is 18.1 Å². The third-order valence-electron chi connectivity index (χ3n) is 4.52. The fourth-order valence-electron chi connectivity index (χ4n) is 2.95. The molecular weight excluding hydrogens is 422 g/mol. The summed E-state index contributed by atoms with van der Waals surface area (Å²) in [6.07, 6.45) is 2.36. The molecule has 0 heterocycles. The highest BCUT2D eigenvalue weighted by Crippen LogP contribution is 2.34. The standard InChI is InChI=1S/C23H22ClNO6/c1-28-23(29-2)20(24)12-17(26)13-21(23)25-22(27)15-31-19-10-8-18(9-11-19)30-14-16-6-4-3-5-7-16/h3-13H,14-15H2,1-2H3,(H,25,27). The zero-order chi connectivity index (χ0) is 22.3. The van der Waals surface area contributed by atoms with Crippen molar-refractivity contribution >= 4 is 23.3 Å². The van der Waals surface area contributed by atoms with Gasteiger partial charge in [-0.2, -0.15) is 0 Å². The topological polar surface area (TPSA) is 83.1 Å². The summed E-state index contributed by atoms with van der Waals surface area (Å²) in [4.78, 5) is 24.2. The first-order valence-electron chi connectivity index (χ1n) is 9.40. The molecule has 0 radical (unpaired) electrons. The van der Waals surface area contributed by atoms with E-state index in [1.54, 1.807) is 24.3 Å². The number of nitrogens with one attached hydrogen (secondary N) is 1. The summed E-state index contributed by atoms with van der Waals surface area (Å²) in [5, 5.41) is 2.58. The molecule has 0 saturated carbocycles. The lowest BCUT2D eigenvalue weighted by Crippen LogP contribution is -2.47. The van der Waals surface area contributed by atoms with Crippen molar-refractivity contribution in [1.29, 1.82) is 0 Å². The van der Waals surface area contributed by atoms with E-state index in [2.05, 4.69) is 5.32 Å². The van der Waals surface area contributed by atoms with E-state index < -0.39 is 17.5 Å². The molecule has 0 saturated heterocycles. The highest BCUT2D eigenvalue weighted by Gasteiger charge is 2.42. The number of methoxy groups -OCH3 is 2. The summed E-state index contributed by atoms with van der Waals surface area (Å²) in [6, 6.07) is 16.7. The number of rotatable bonds is 9. The van der Waals surface area contributed by atoms with Crippen molar-refractivity contribution in [3.05, 3.63) is 83.0 Å². The minimum Gasteiger partial charge on any atom is -0.489 e. The van der Waals surface area contributed by atoms with E-state index in [0.717, 1.165) is 5.56 Å². The quantitative estimate of drug-likeness (QED) is 0.598. The SMILES string of the molecule is COC1(OC)C(Cl)=CC(=O)C=C1NC(=O)COc1ccc(OCc2ccccc2)cc1. The van der Waals surface area contributed by atoms with Crippen LogP contribution >= 0.6 is 11.6 Å². The third kappa shape index (κ3) is 5.52. The van der Waals surface area contributed by atoms with Crippen molar-refractivity contribution in [3.8, 4) is 11.5 Å². The minimum absolute atomic E-state index is 0.00677. The van der Waals surface area contributed by atoms with Gasteiger partial charge in [0.05, 0.1) is 10.7 Å². The van der Waals surface area contributed by atoms with Crippen LogP contribution in [0.4, 0.5) is 0 Å². The Balaban J connectivity index is 1.54. The lowest BCUT2D eigenvalue weighted by atomic mass is 10.0. The summed E-state index contributed by atoms with van der Waals surface area (Å²) in [5.41, 5.74) is 1.14. The smallest absolute Gasteiger partial charge is 0.262 e. The molecule has 2 aromatic rings. The number of hydrogen-bond donors (Lipinski definition) is 1. The minimum atomic E-state index is -1.55. The number of benzene rings is 2. The van der Waals surface area contributed by atoms with Crippen molar-refractivity contribution in [1.82, 2.24) is 5.32 Å². The zero-order valence-corrected chi connectivity index (χ0v) is 17.8. The number of ether oxygens (including phenoxy) is 4. The van der Waals surface area contributed by atoms with Crippen LogP contribution in [0, 0.1) is 0 Å². The monoisotopic (exact) mass is 443 g/mol. The first kappa shape index (κ1) is 22.6. The molecule has 0 atom stereocenters. The molecule has 0 bridgehead atoms. The molecule has 8 heteroatoms. The third-order valence-corrected chi connectivity index (χ3v) is 4.87. The summed E-state index contributed by atoms with van der Waals surface area (Å²) < 4.78 is 21.9. The van der Waals surface area contributed by atoms with Gasteiger partial charge in [-0.15, -0.1) is 0 Å². The molecule has 1 N–H and O–H groups in total. The number of amides is 1. The van der Waals surface area contributed by atoms with Crippen LogP contribution in [0.15, 0.2) is 77.5 Å². The molecule has 0 aliphatic heterocycles. The van der Waals surface area contributed by atoms with Gasteiger partial charge in [0.1, 0.15) is 18.1 Å². The molecule has 0 unspecified atom stereocenters. The molecule has 1 amide bonds. The Hall–Kier alpha value is -3.13. The fourth-order valence-corrected chi connectivity index (χ4v) is 3.32. The second kappa shape index (κ2) is 10.3. The van der Waals surface area contributed by atoms with Crippen molar-refractivity contribution < 1.29 is 28.5 Å². The van der Waals surface area contributed by atoms with Crippen molar-refractivity contribution in [2.75, 3.05) is 20.8 Å². The summed E-state index contributed by atoms with van der Waals surface area (Å²) in [5.74, 6) is -1.29. The number of carbonyl (C=O) groups excluding carboxylic acids is 2. The molecule has 1 aliphatic carbocycles. The normalized spacial score (nSPS) is 15.0. The maximum atomic E-state index is 12.4. The molecule has 7 nitrogen and oxygen atoms in total. The van der Waals surface area contributed by atoms with E-state index in [1.807, 2.05) is 30.3 Å². The van der Waals surface area contributed by atoms with Gasteiger partial charge in [0.25, 0.3) is 5.91 Å². The van der Waals surface area contributed by atoms with E-state index >= 15 is 0 Å². The van der Waals surface area contributed by atoms with E-state index in [1.165, 1.54) is 26.4 Å². The molecule has 3 rings (SSSR count). The molecule has 2 aromatic carbocycles. The first-order chi connectivity index (χ1) is 15.0. The number of ketones is 1. The molecule has 162 valence electrons. The predicted octanol–water partition coefficient (Wildman–Crippen LogP) is 3.34. The van der Waals surface area contributed by atoms with Crippen molar-refractivity contribution in [2.45, 2.75) is 12.4 Å².